The van der Waals surface area contributed by atoms with Crippen LogP contribution in [-0.4, -0.2) is 41.1 Å². The highest BCUT2D eigenvalue weighted by molar-refractivity contribution is 4.91. The molecule has 98 valence electrons. The Balaban J connectivity index is 2.61. The molecule has 1 N–H and O–H groups in total. The van der Waals surface area contributed by atoms with Gasteiger partial charge in [-0.05, 0) is 26.8 Å². The first kappa shape index (κ1) is 14.1. The maximum Gasteiger partial charge on any atom is 0.138 e. The van der Waals surface area contributed by atoms with Gasteiger partial charge in [0, 0.05) is 32.2 Å². The highest BCUT2D eigenvalue weighted by Gasteiger charge is 2.14. The zero-order valence-electron chi connectivity index (χ0n) is 11.3. The number of rotatable bonds is 8. The smallest absolute Gasteiger partial charge is 0.138 e. The SMILES string of the molecule is CCNC(CCOC)Cc1ncnn1C(C)C. The Morgan fingerprint density at radius 3 is 2.82 bits per heavy atom. The predicted octanol–water partition coefficient (Wildman–Crippen LogP) is 1.42. The van der Waals surface area contributed by atoms with E-state index in [9.17, 15) is 0 Å². The second kappa shape index (κ2) is 7.40. The van der Waals surface area contributed by atoms with Gasteiger partial charge in [-0.3, -0.25) is 0 Å². The van der Waals surface area contributed by atoms with Gasteiger partial charge < -0.3 is 10.1 Å². The minimum Gasteiger partial charge on any atom is -0.385 e. The molecule has 0 saturated heterocycles. The maximum atomic E-state index is 5.13. The molecule has 1 atom stereocenters. The van der Waals surface area contributed by atoms with Crippen LogP contribution in [0.5, 0.6) is 0 Å². The second-order valence-corrected chi connectivity index (χ2v) is 4.45. The summed E-state index contributed by atoms with van der Waals surface area (Å²) in [6.07, 6.45) is 3.53. The Labute approximate surface area is 104 Å². The zero-order valence-corrected chi connectivity index (χ0v) is 11.3. The summed E-state index contributed by atoms with van der Waals surface area (Å²) in [7, 11) is 1.74. The quantitative estimate of drug-likeness (QED) is 0.746. The topological polar surface area (TPSA) is 52.0 Å². The average Bonchev–Trinajstić information content (AvgIpc) is 2.74. The fourth-order valence-corrected chi connectivity index (χ4v) is 1.90. The molecule has 0 bridgehead atoms. The highest BCUT2D eigenvalue weighted by Crippen LogP contribution is 2.09. The zero-order chi connectivity index (χ0) is 12.7. The van der Waals surface area contributed by atoms with Crippen LogP contribution in [0.25, 0.3) is 0 Å². The highest BCUT2D eigenvalue weighted by atomic mass is 16.5. The number of nitrogens with one attached hydrogen (secondary N) is 1. The van der Waals surface area contributed by atoms with Crippen LogP contribution in [0.15, 0.2) is 6.33 Å². The average molecular weight is 240 g/mol. The van der Waals surface area contributed by atoms with Gasteiger partial charge in [0.25, 0.3) is 0 Å². The van der Waals surface area contributed by atoms with Crippen LogP contribution in [0.3, 0.4) is 0 Å². The first-order chi connectivity index (χ1) is 8.19. The molecule has 0 aliphatic carbocycles. The summed E-state index contributed by atoms with van der Waals surface area (Å²) in [6, 6.07) is 0.763. The van der Waals surface area contributed by atoms with Gasteiger partial charge in [0.15, 0.2) is 0 Å². The van der Waals surface area contributed by atoms with Crippen LogP contribution in [0.1, 0.15) is 39.1 Å². The molecule has 1 aromatic heterocycles. The Kier molecular flexibility index (Phi) is 6.15. The van der Waals surface area contributed by atoms with E-state index in [2.05, 4.69) is 36.2 Å². The summed E-state index contributed by atoms with van der Waals surface area (Å²) in [5, 5.41) is 7.72. The monoisotopic (exact) mass is 240 g/mol. The van der Waals surface area contributed by atoms with Gasteiger partial charge in [-0.2, -0.15) is 5.10 Å². The van der Waals surface area contributed by atoms with Crippen molar-refractivity contribution in [1.82, 2.24) is 20.1 Å². The van der Waals surface area contributed by atoms with Gasteiger partial charge >= 0.3 is 0 Å². The third-order valence-corrected chi connectivity index (χ3v) is 2.73. The van der Waals surface area contributed by atoms with E-state index < -0.39 is 0 Å². The number of aromatic nitrogens is 3. The van der Waals surface area contributed by atoms with Crippen LogP contribution in [0.2, 0.25) is 0 Å². The van der Waals surface area contributed by atoms with Gasteiger partial charge in [-0.25, -0.2) is 9.67 Å². The van der Waals surface area contributed by atoms with Crippen LogP contribution in [0, 0.1) is 0 Å². The molecule has 0 aliphatic heterocycles. The minimum atomic E-state index is 0.359. The van der Waals surface area contributed by atoms with Gasteiger partial charge in [0.1, 0.15) is 12.2 Å². The first-order valence-electron chi connectivity index (χ1n) is 6.29. The van der Waals surface area contributed by atoms with Crippen molar-refractivity contribution >= 4 is 0 Å². The first-order valence-corrected chi connectivity index (χ1v) is 6.29. The maximum absolute atomic E-state index is 5.13. The molecular weight excluding hydrogens is 216 g/mol. The summed E-state index contributed by atoms with van der Waals surface area (Å²) in [6.45, 7) is 8.09. The fourth-order valence-electron chi connectivity index (χ4n) is 1.90. The van der Waals surface area contributed by atoms with E-state index in [1.807, 2.05) is 4.68 Å². The van der Waals surface area contributed by atoms with Crippen LogP contribution < -0.4 is 5.32 Å². The van der Waals surface area contributed by atoms with Crippen LogP contribution in [-0.2, 0) is 11.2 Å². The lowest BCUT2D eigenvalue weighted by Crippen LogP contribution is -2.33. The van der Waals surface area contributed by atoms with E-state index in [0.717, 1.165) is 31.8 Å². The number of nitrogens with zero attached hydrogens (tertiary/aromatic N) is 3. The van der Waals surface area contributed by atoms with Crippen molar-refractivity contribution in [3.05, 3.63) is 12.2 Å². The molecule has 0 radical (unpaired) electrons. The summed E-state index contributed by atoms with van der Waals surface area (Å²) in [4.78, 5) is 4.34. The van der Waals surface area contributed by atoms with E-state index >= 15 is 0 Å². The molecular formula is C12H24N4O. The molecule has 0 aromatic carbocycles. The normalized spacial score (nSPS) is 13.2. The molecule has 1 rings (SSSR count). The number of hydrogen-bond donors (Lipinski definition) is 1. The van der Waals surface area contributed by atoms with Crippen molar-refractivity contribution in [2.45, 2.75) is 45.7 Å². The summed E-state index contributed by atoms with van der Waals surface area (Å²) >= 11 is 0. The minimum absolute atomic E-state index is 0.359. The molecule has 17 heavy (non-hydrogen) atoms. The second-order valence-electron chi connectivity index (χ2n) is 4.45. The number of methoxy groups -OCH3 is 1. The number of likely N-dealkylation sites (N-methyl/N-ethyl adjacent to an activating group) is 1. The lowest BCUT2D eigenvalue weighted by Gasteiger charge is -2.18. The van der Waals surface area contributed by atoms with Gasteiger partial charge in [-0.15, -0.1) is 0 Å². The lowest BCUT2D eigenvalue weighted by molar-refractivity contribution is 0.182. The van der Waals surface area contributed by atoms with E-state index in [1.165, 1.54) is 0 Å². The van der Waals surface area contributed by atoms with E-state index in [1.54, 1.807) is 13.4 Å². The van der Waals surface area contributed by atoms with E-state index in [4.69, 9.17) is 4.74 Å². The van der Waals surface area contributed by atoms with Crippen molar-refractivity contribution in [1.29, 1.82) is 0 Å². The fraction of sp³-hybridized carbons (Fsp3) is 0.833. The van der Waals surface area contributed by atoms with Gasteiger partial charge in [0.2, 0.25) is 0 Å². The molecule has 0 fully saturated rings. The van der Waals surface area contributed by atoms with Crippen LogP contribution >= 0.6 is 0 Å². The Morgan fingerprint density at radius 2 is 2.24 bits per heavy atom. The molecule has 0 amide bonds. The summed E-state index contributed by atoms with van der Waals surface area (Å²) in [5.41, 5.74) is 0. The molecule has 0 spiro atoms. The predicted molar refractivity (Wildman–Crippen MR) is 68.1 cm³/mol. The van der Waals surface area contributed by atoms with Crippen molar-refractivity contribution in [3.63, 3.8) is 0 Å². The third kappa shape index (κ3) is 4.44. The van der Waals surface area contributed by atoms with Gasteiger partial charge in [-0.1, -0.05) is 6.92 Å². The van der Waals surface area contributed by atoms with Crippen LogP contribution in [0.4, 0.5) is 0 Å². The van der Waals surface area contributed by atoms with Crippen molar-refractivity contribution in [2.75, 3.05) is 20.3 Å². The lowest BCUT2D eigenvalue weighted by atomic mass is 10.1. The third-order valence-electron chi connectivity index (χ3n) is 2.73. The molecule has 1 aromatic rings. The summed E-state index contributed by atoms with van der Waals surface area (Å²) < 4.78 is 7.12. The van der Waals surface area contributed by atoms with Crippen molar-refractivity contribution < 1.29 is 4.74 Å². The van der Waals surface area contributed by atoms with Crippen molar-refractivity contribution in [2.24, 2.45) is 0 Å². The number of hydrogen-bond acceptors (Lipinski definition) is 4. The number of ether oxygens (including phenoxy) is 1. The molecule has 5 nitrogen and oxygen atoms in total. The molecule has 1 unspecified atom stereocenters. The standard InChI is InChI=1S/C12H24N4O/c1-5-13-11(6-7-17-4)8-12-14-9-15-16(12)10(2)3/h9-11,13H,5-8H2,1-4H3. The Bertz CT molecular complexity index is 311. The van der Waals surface area contributed by atoms with E-state index in [-0.39, 0.29) is 0 Å². The Morgan fingerprint density at radius 1 is 1.47 bits per heavy atom. The molecule has 5 heteroatoms. The molecule has 0 aliphatic rings. The summed E-state index contributed by atoms with van der Waals surface area (Å²) in [5.74, 6) is 1.04. The molecule has 1 heterocycles. The molecule has 0 saturated carbocycles. The van der Waals surface area contributed by atoms with Gasteiger partial charge in [0.05, 0.1) is 0 Å². The van der Waals surface area contributed by atoms with E-state index in [0.29, 0.717) is 12.1 Å². The van der Waals surface area contributed by atoms with Crippen molar-refractivity contribution in [3.8, 4) is 0 Å². The largest absolute Gasteiger partial charge is 0.385 e. The Hall–Kier alpha value is -0.940.